The van der Waals surface area contributed by atoms with Crippen LogP contribution in [0.3, 0.4) is 0 Å². The molecule has 2 nitrogen and oxygen atoms in total. The summed E-state index contributed by atoms with van der Waals surface area (Å²) < 4.78 is 13.7. The molecule has 1 aliphatic rings. The molecule has 2 unspecified atom stereocenters. The summed E-state index contributed by atoms with van der Waals surface area (Å²) in [7, 11) is 0. The fraction of sp³-hybridized carbons (Fsp3) is 0.562. The van der Waals surface area contributed by atoms with Crippen LogP contribution in [0.2, 0.25) is 0 Å². The molecule has 1 saturated heterocycles. The van der Waals surface area contributed by atoms with Crippen LogP contribution in [0.15, 0.2) is 29.2 Å². The summed E-state index contributed by atoms with van der Waals surface area (Å²) in [4.78, 5) is 15.1. The summed E-state index contributed by atoms with van der Waals surface area (Å²) in [5, 5.41) is -0.237. The number of nitrogens with zero attached hydrogens (tertiary/aromatic N) is 1. The molecule has 0 saturated carbocycles. The molecular weight excluding hydrogens is 273 g/mol. The van der Waals surface area contributed by atoms with Gasteiger partial charge in [-0.05, 0) is 44.7 Å². The topological polar surface area (TPSA) is 20.3 Å². The lowest BCUT2D eigenvalue weighted by atomic mass is 10.00. The van der Waals surface area contributed by atoms with Gasteiger partial charge in [-0.25, -0.2) is 4.39 Å². The van der Waals surface area contributed by atoms with E-state index in [-0.39, 0.29) is 17.0 Å². The highest BCUT2D eigenvalue weighted by Gasteiger charge is 2.29. The van der Waals surface area contributed by atoms with E-state index in [1.165, 1.54) is 24.2 Å². The lowest BCUT2D eigenvalue weighted by Gasteiger charge is -2.36. The van der Waals surface area contributed by atoms with Crippen LogP contribution in [0.25, 0.3) is 0 Å². The molecule has 1 amide bonds. The van der Waals surface area contributed by atoms with Crippen LogP contribution < -0.4 is 0 Å². The summed E-state index contributed by atoms with van der Waals surface area (Å²) in [6.45, 7) is 4.85. The number of likely N-dealkylation sites (tertiary alicyclic amines) is 1. The number of benzene rings is 1. The van der Waals surface area contributed by atoms with E-state index in [0.717, 1.165) is 25.8 Å². The number of halogens is 1. The number of thioether (sulfide) groups is 1. The van der Waals surface area contributed by atoms with E-state index in [2.05, 4.69) is 6.92 Å². The van der Waals surface area contributed by atoms with Crippen LogP contribution in [0.1, 0.15) is 39.5 Å². The van der Waals surface area contributed by atoms with Gasteiger partial charge in [-0.3, -0.25) is 4.79 Å². The van der Waals surface area contributed by atoms with Crippen molar-refractivity contribution in [1.29, 1.82) is 0 Å². The molecule has 0 radical (unpaired) electrons. The van der Waals surface area contributed by atoms with Crippen molar-refractivity contribution in [2.75, 3.05) is 6.54 Å². The second kappa shape index (κ2) is 7.11. The molecule has 0 spiro atoms. The summed E-state index contributed by atoms with van der Waals surface area (Å²) in [6.07, 6.45) is 4.39. The Bertz CT molecular complexity index is 466. The molecule has 0 aromatic heterocycles. The van der Waals surface area contributed by atoms with Crippen LogP contribution in [0.5, 0.6) is 0 Å². The number of amides is 1. The first-order chi connectivity index (χ1) is 9.63. The maximum atomic E-state index is 13.7. The Hall–Kier alpha value is -1.03. The predicted molar refractivity (Wildman–Crippen MR) is 81.4 cm³/mol. The standard InChI is InChI=1S/C16H22FNOS/c1-3-13-8-6-7-11-18(13)16(19)12(2)20-15-10-5-4-9-14(15)17/h4-5,9-10,12-13H,3,6-8,11H2,1-2H3. The predicted octanol–water partition coefficient (Wildman–Crippen LogP) is 4.10. The van der Waals surface area contributed by atoms with E-state index in [0.29, 0.717) is 10.9 Å². The fourth-order valence-electron chi connectivity index (χ4n) is 2.73. The summed E-state index contributed by atoms with van der Waals surface area (Å²) in [6, 6.07) is 7.01. The summed E-state index contributed by atoms with van der Waals surface area (Å²) in [5.74, 6) is -0.104. The molecule has 4 heteroatoms. The van der Waals surface area contributed by atoms with Crippen LogP contribution in [0.4, 0.5) is 4.39 Å². The van der Waals surface area contributed by atoms with Crippen molar-refractivity contribution in [2.45, 2.75) is 55.7 Å². The largest absolute Gasteiger partial charge is 0.339 e. The number of carbonyl (C=O) groups is 1. The smallest absolute Gasteiger partial charge is 0.236 e. The number of hydrogen-bond acceptors (Lipinski definition) is 2. The summed E-state index contributed by atoms with van der Waals surface area (Å²) >= 11 is 1.32. The zero-order chi connectivity index (χ0) is 14.5. The molecular formula is C16H22FNOS. The van der Waals surface area contributed by atoms with Gasteiger partial charge in [0.15, 0.2) is 0 Å². The van der Waals surface area contributed by atoms with Crippen molar-refractivity contribution in [1.82, 2.24) is 4.90 Å². The highest BCUT2D eigenvalue weighted by molar-refractivity contribution is 8.00. The van der Waals surface area contributed by atoms with Gasteiger partial charge in [0, 0.05) is 17.5 Å². The first kappa shape index (κ1) is 15.4. The molecule has 110 valence electrons. The second-order valence-corrected chi connectivity index (χ2v) is 6.66. The Morgan fingerprint density at radius 2 is 2.20 bits per heavy atom. The van der Waals surface area contributed by atoms with Crippen LogP contribution >= 0.6 is 11.8 Å². The van der Waals surface area contributed by atoms with E-state index < -0.39 is 0 Å². The molecule has 1 aliphatic heterocycles. The minimum Gasteiger partial charge on any atom is -0.339 e. The zero-order valence-electron chi connectivity index (χ0n) is 12.1. The highest BCUT2D eigenvalue weighted by Crippen LogP contribution is 2.29. The first-order valence-electron chi connectivity index (χ1n) is 7.35. The van der Waals surface area contributed by atoms with E-state index in [9.17, 15) is 9.18 Å². The third kappa shape index (κ3) is 3.54. The van der Waals surface area contributed by atoms with Gasteiger partial charge in [-0.15, -0.1) is 11.8 Å². The van der Waals surface area contributed by atoms with Gasteiger partial charge in [-0.1, -0.05) is 19.1 Å². The number of hydrogen-bond donors (Lipinski definition) is 0. The van der Waals surface area contributed by atoms with Crippen molar-refractivity contribution >= 4 is 17.7 Å². The lowest BCUT2D eigenvalue weighted by Crippen LogP contribution is -2.46. The number of carbonyl (C=O) groups excluding carboxylic acids is 1. The maximum absolute atomic E-state index is 13.7. The molecule has 1 aromatic rings. The quantitative estimate of drug-likeness (QED) is 0.780. The minimum absolute atomic E-state index is 0.143. The Balaban J connectivity index is 2.03. The van der Waals surface area contributed by atoms with Crippen LogP contribution in [0, 0.1) is 5.82 Å². The number of rotatable bonds is 4. The van der Waals surface area contributed by atoms with Crippen molar-refractivity contribution in [3.8, 4) is 0 Å². The Morgan fingerprint density at radius 1 is 1.45 bits per heavy atom. The Morgan fingerprint density at radius 3 is 2.90 bits per heavy atom. The first-order valence-corrected chi connectivity index (χ1v) is 8.23. The van der Waals surface area contributed by atoms with Gasteiger partial charge in [0.2, 0.25) is 5.91 Å². The molecule has 20 heavy (non-hydrogen) atoms. The van der Waals surface area contributed by atoms with Crippen molar-refractivity contribution < 1.29 is 9.18 Å². The van der Waals surface area contributed by atoms with E-state index in [1.807, 2.05) is 11.8 Å². The summed E-state index contributed by atoms with van der Waals surface area (Å²) in [5.41, 5.74) is 0. The van der Waals surface area contributed by atoms with Gasteiger partial charge in [0.25, 0.3) is 0 Å². The van der Waals surface area contributed by atoms with Crippen molar-refractivity contribution in [2.24, 2.45) is 0 Å². The molecule has 1 fully saturated rings. The molecule has 0 aliphatic carbocycles. The van der Waals surface area contributed by atoms with E-state index >= 15 is 0 Å². The molecule has 2 rings (SSSR count). The van der Waals surface area contributed by atoms with Crippen molar-refractivity contribution in [3.05, 3.63) is 30.1 Å². The number of piperidine rings is 1. The third-order valence-electron chi connectivity index (χ3n) is 3.87. The monoisotopic (exact) mass is 295 g/mol. The van der Waals surface area contributed by atoms with Gasteiger partial charge in [0.1, 0.15) is 5.82 Å². The molecule has 0 bridgehead atoms. The third-order valence-corrected chi connectivity index (χ3v) is 5.01. The minimum atomic E-state index is -0.247. The van der Waals surface area contributed by atoms with Gasteiger partial charge in [0.05, 0.1) is 5.25 Å². The van der Waals surface area contributed by atoms with E-state index in [4.69, 9.17) is 0 Å². The fourth-order valence-corrected chi connectivity index (χ4v) is 3.68. The van der Waals surface area contributed by atoms with Gasteiger partial charge >= 0.3 is 0 Å². The lowest BCUT2D eigenvalue weighted by molar-refractivity contribution is -0.134. The molecule has 0 N–H and O–H groups in total. The average Bonchev–Trinajstić information content (AvgIpc) is 2.48. The van der Waals surface area contributed by atoms with Crippen LogP contribution in [-0.4, -0.2) is 28.6 Å². The van der Waals surface area contributed by atoms with Crippen molar-refractivity contribution in [3.63, 3.8) is 0 Å². The van der Waals surface area contributed by atoms with Gasteiger partial charge < -0.3 is 4.90 Å². The maximum Gasteiger partial charge on any atom is 0.236 e. The zero-order valence-corrected chi connectivity index (χ0v) is 13.0. The van der Waals surface area contributed by atoms with Crippen LogP contribution in [-0.2, 0) is 4.79 Å². The second-order valence-electron chi connectivity index (χ2n) is 5.28. The Kier molecular flexibility index (Phi) is 5.46. The van der Waals surface area contributed by atoms with E-state index in [1.54, 1.807) is 18.2 Å². The SMILES string of the molecule is CCC1CCCCN1C(=O)C(C)Sc1ccccc1F. The molecule has 2 atom stereocenters. The normalized spacial score (nSPS) is 20.8. The highest BCUT2D eigenvalue weighted by atomic mass is 32.2. The molecule has 1 aromatic carbocycles. The Labute approximate surface area is 124 Å². The van der Waals surface area contributed by atoms with Gasteiger partial charge in [-0.2, -0.15) is 0 Å². The molecule has 1 heterocycles. The average molecular weight is 295 g/mol.